The number of carbonyl (C=O) groups excluding carboxylic acids is 1. The van der Waals surface area contributed by atoms with Crippen LogP contribution < -0.4 is 5.32 Å². The Hall–Kier alpha value is -0.570. The number of rotatable bonds is 6. The fourth-order valence-corrected chi connectivity index (χ4v) is 2.31. The van der Waals surface area contributed by atoms with Gasteiger partial charge in [-0.3, -0.25) is 4.79 Å². The van der Waals surface area contributed by atoms with E-state index in [9.17, 15) is 4.79 Å². The van der Waals surface area contributed by atoms with Gasteiger partial charge >= 0.3 is 5.97 Å². The van der Waals surface area contributed by atoms with E-state index >= 15 is 0 Å². The summed E-state index contributed by atoms with van der Waals surface area (Å²) in [6.45, 7) is 2.87. The molecule has 0 amide bonds. The van der Waals surface area contributed by atoms with Crippen molar-refractivity contribution in [2.45, 2.75) is 44.9 Å². The zero-order valence-electron chi connectivity index (χ0n) is 10.0. The van der Waals surface area contributed by atoms with Crippen molar-refractivity contribution in [2.24, 2.45) is 11.8 Å². The predicted molar refractivity (Wildman–Crippen MR) is 63.1 cm³/mol. The van der Waals surface area contributed by atoms with Crippen LogP contribution in [0, 0.1) is 11.8 Å². The summed E-state index contributed by atoms with van der Waals surface area (Å²) >= 11 is 0. The third kappa shape index (κ3) is 4.52. The van der Waals surface area contributed by atoms with E-state index in [0.717, 1.165) is 37.8 Å². The molecule has 1 aliphatic carbocycles. The van der Waals surface area contributed by atoms with Crippen LogP contribution >= 0.6 is 0 Å². The number of ether oxygens (including phenoxy) is 1. The van der Waals surface area contributed by atoms with Crippen molar-refractivity contribution in [3.05, 3.63) is 0 Å². The fraction of sp³-hybridized carbons (Fsp3) is 0.923. The minimum Gasteiger partial charge on any atom is -0.466 e. The highest BCUT2D eigenvalue weighted by Gasteiger charge is 2.21. The van der Waals surface area contributed by atoms with E-state index in [0.29, 0.717) is 13.0 Å². The van der Waals surface area contributed by atoms with Crippen molar-refractivity contribution in [3.8, 4) is 0 Å². The van der Waals surface area contributed by atoms with Crippen molar-refractivity contribution >= 4 is 5.97 Å². The molecule has 0 atom stereocenters. The van der Waals surface area contributed by atoms with Gasteiger partial charge in [0, 0.05) is 6.42 Å². The molecule has 3 heteroatoms. The van der Waals surface area contributed by atoms with Gasteiger partial charge in [0.25, 0.3) is 0 Å². The van der Waals surface area contributed by atoms with Crippen molar-refractivity contribution in [1.29, 1.82) is 0 Å². The second-order valence-corrected chi connectivity index (χ2v) is 5.18. The molecule has 0 bridgehead atoms. The van der Waals surface area contributed by atoms with Gasteiger partial charge in [-0.2, -0.15) is 0 Å². The first-order valence-corrected chi connectivity index (χ1v) is 6.71. The van der Waals surface area contributed by atoms with Crippen LogP contribution in [0.3, 0.4) is 0 Å². The molecular weight excluding hydrogens is 202 g/mol. The zero-order valence-corrected chi connectivity index (χ0v) is 10.0. The third-order valence-corrected chi connectivity index (χ3v) is 3.70. The fourth-order valence-electron chi connectivity index (χ4n) is 2.31. The van der Waals surface area contributed by atoms with E-state index in [4.69, 9.17) is 4.74 Å². The normalized spacial score (nSPS) is 22.0. The minimum atomic E-state index is 0.0131. The molecule has 0 aromatic rings. The minimum absolute atomic E-state index is 0.0131. The molecule has 16 heavy (non-hydrogen) atoms. The number of carbonyl (C=O) groups is 1. The number of hydrogen-bond acceptors (Lipinski definition) is 3. The quantitative estimate of drug-likeness (QED) is 0.704. The summed E-state index contributed by atoms with van der Waals surface area (Å²) in [5, 5.41) is 3.34. The standard InChI is InChI=1S/C13H23NO2/c15-13(16-10-7-11-1-2-11)4-3-12-5-8-14-9-6-12/h11-12,14H,1-10H2. The molecular formula is C13H23NO2. The third-order valence-electron chi connectivity index (χ3n) is 3.70. The first-order valence-electron chi connectivity index (χ1n) is 6.71. The van der Waals surface area contributed by atoms with Gasteiger partial charge in [0.1, 0.15) is 0 Å². The predicted octanol–water partition coefficient (Wildman–Crippen LogP) is 2.11. The van der Waals surface area contributed by atoms with E-state index in [1.807, 2.05) is 0 Å². The average molecular weight is 225 g/mol. The molecule has 1 N–H and O–H groups in total. The first kappa shape index (κ1) is 11.9. The average Bonchev–Trinajstić information content (AvgIpc) is 3.12. The van der Waals surface area contributed by atoms with Gasteiger partial charge in [-0.25, -0.2) is 0 Å². The Kier molecular flexibility index (Phi) is 4.64. The monoisotopic (exact) mass is 225 g/mol. The summed E-state index contributed by atoms with van der Waals surface area (Å²) in [6.07, 6.45) is 7.84. The molecule has 1 saturated heterocycles. The van der Waals surface area contributed by atoms with Crippen molar-refractivity contribution < 1.29 is 9.53 Å². The Morgan fingerprint density at radius 2 is 1.75 bits per heavy atom. The molecule has 3 nitrogen and oxygen atoms in total. The van der Waals surface area contributed by atoms with Crippen molar-refractivity contribution in [2.75, 3.05) is 19.7 Å². The molecule has 0 radical (unpaired) electrons. The Morgan fingerprint density at radius 3 is 2.44 bits per heavy atom. The molecule has 0 unspecified atom stereocenters. The molecule has 1 heterocycles. The highest BCUT2D eigenvalue weighted by Crippen LogP contribution is 2.32. The summed E-state index contributed by atoms with van der Waals surface area (Å²) < 4.78 is 5.23. The Bertz CT molecular complexity index is 220. The van der Waals surface area contributed by atoms with Crippen LogP contribution in [0.15, 0.2) is 0 Å². The molecule has 1 saturated carbocycles. The number of esters is 1. The van der Waals surface area contributed by atoms with Gasteiger partial charge < -0.3 is 10.1 Å². The number of hydrogen-bond donors (Lipinski definition) is 1. The van der Waals surface area contributed by atoms with Gasteiger partial charge in [-0.05, 0) is 50.6 Å². The smallest absolute Gasteiger partial charge is 0.305 e. The SMILES string of the molecule is O=C(CCC1CCNCC1)OCCC1CC1. The van der Waals surface area contributed by atoms with Gasteiger partial charge in [-0.15, -0.1) is 0 Å². The maximum atomic E-state index is 11.4. The van der Waals surface area contributed by atoms with Crippen LogP contribution in [0.1, 0.15) is 44.9 Å². The molecule has 0 aromatic carbocycles. The van der Waals surface area contributed by atoms with Gasteiger partial charge in [0.15, 0.2) is 0 Å². The van der Waals surface area contributed by atoms with E-state index in [2.05, 4.69) is 5.32 Å². The van der Waals surface area contributed by atoms with Gasteiger partial charge in [0.05, 0.1) is 6.61 Å². The van der Waals surface area contributed by atoms with Crippen LogP contribution in [0.25, 0.3) is 0 Å². The lowest BCUT2D eigenvalue weighted by Gasteiger charge is -2.21. The van der Waals surface area contributed by atoms with Crippen LogP contribution in [0.4, 0.5) is 0 Å². The van der Waals surface area contributed by atoms with Crippen LogP contribution in [0.5, 0.6) is 0 Å². The van der Waals surface area contributed by atoms with Crippen molar-refractivity contribution in [3.63, 3.8) is 0 Å². The lowest BCUT2D eigenvalue weighted by Crippen LogP contribution is -2.28. The van der Waals surface area contributed by atoms with Crippen LogP contribution in [0.2, 0.25) is 0 Å². The van der Waals surface area contributed by atoms with Gasteiger partial charge in [0.2, 0.25) is 0 Å². The summed E-state index contributed by atoms with van der Waals surface area (Å²) in [4.78, 5) is 11.4. The van der Waals surface area contributed by atoms with E-state index in [-0.39, 0.29) is 5.97 Å². The molecule has 0 spiro atoms. The zero-order chi connectivity index (χ0) is 11.2. The Labute approximate surface area is 97.9 Å². The summed E-state index contributed by atoms with van der Waals surface area (Å²) in [5.41, 5.74) is 0. The van der Waals surface area contributed by atoms with Crippen molar-refractivity contribution in [1.82, 2.24) is 5.32 Å². The lowest BCUT2D eigenvalue weighted by atomic mass is 9.93. The highest BCUT2D eigenvalue weighted by atomic mass is 16.5. The summed E-state index contributed by atoms with van der Waals surface area (Å²) in [5.74, 6) is 1.61. The number of nitrogens with one attached hydrogen (secondary N) is 1. The van der Waals surface area contributed by atoms with E-state index in [1.165, 1.54) is 25.7 Å². The van der Waals surface area contributed by atoms with Crippen LogP contribution in [-0.4, -0.2) is 25.7 Å². The molecule has 0 aromatic heterocycles. The highest BCUT2D eigenvalue weighted by molar-refractivity contribution is 5.69. The second kappa shape index (κ2) is 6.24. The topological polar surface area (TPSA) is 38.3 Å². The summed E-state index contributed by atoms with van der Waals surface area (Å²) in [7, 11) is 0. The summed E-state index contributed by atoms with van der Waals surface area (Å²) in [6, 6.07) is 0. The Morgan fingerprint density at radius 1 is 1.06 bits per heavy atom. The largest absolute Gasteiger partial charge is 0.466 e. The maximum Gasteiger partial charge on any atom is 0.305 e. The molecule has 2 fully saturated rings. The second-order valence-electron chi connectivity index (χ2n) is 5.18. The lowest BCUT2D eigenvalue weighted by molar-refractivity contribution is -0.144. The molecule has 92 valence electrons. The van der Waals surface area contributed by atoms with E-state index < -0.39 is 0 Å². The molecule has 1 aliphatic heterocycles. The van der Waals surface area contributed by atoms with Crippen LogP contribution in [-0.2, 0) is 9.53 Å². The first-order chi connectivity index (χ1) is 7.84. The Balaban J connectivity index is 1.48. The van der Waals surface area contributed by atoms with Gasteiger partial charge in [-0.1, -0.05) is 12.8 Å². The van der Waals surface area contributed by atoms with E-state index in [1.54, 1.807) is 0 Å². The molecule has 2 rings (SSSR count). The molecule has 2 aliphatic rings. The number of piperidine rings is 1. The maximum absolute atomic E-state index is 11.4.